The van der Waals surface area contributed by atoms with Crippen LogP contribution in [0.1, 0.15) is 17.8 Å². The number of β-amino-alcohol motifs (C(OH)–C–C–N with tert-alkyl or cyclic N) is 1. The molecule has 0 aromatic carbocycles. The van der Waals surface area contributed by atoms with E-state index in [-0.39, 0.29) is 0 Å². The number of H-pyrrole nitrogens is 1. The molecule has 0 radical (unpaired) electrons. The van der Waals surface area contributed by atoms with Gasteiger partial charge in [0.1, 0.15) is 0 Å². The molecule has 0 spiro atoms. The summed E-state index contributed by atoms with van der Waals surface area (Å²) in [6.45, 7) is 3.56. The normalized spacial score (nSPS) is 28.2. The number of nitrogens with one attached hydrogen (secondary N) is 2. The predicted octanol–water partition coefficient (Wildman–Crippen LogP) is -0.0150. The molecule has 1 aliphatic rings. The van der Waals surface area contributed by atoms with Crippen LogP contribution in [0.25, 0.3) is 0 Å². The van der Waals surface area contributed by atoms with Crippen molar-refractivity contribution >= 4 is 0 Å². The minimum absolute atomic E-state index is 0.583. The molecule has 2 rings (SSSR count). The lowest BCUT2D eigenvalue weighted by molar-refractivity contribution is 0.0608. The summed E-state index contributed by atoms with van der Waals surface area (Å²) < 4.78 is 0. The van der Waals surface area contributed by atoms with Crippen LogP contribution in [0.2, 0.25) is 0 Å². The second-order valence-corrected chi connectivity index (χ2v) is 3.80. The molecule has 0 aliphatic carbocycles. The first kappa shape index (κ1) is 8.72. The van der Waals surface area contributed by atoms with E-state index in [2.05, 4.69) is 15.3 Å². The van der Waals surface area contributed by atoms with Crippen LogP contribution in [0, 0.1) is 6.92 Å². The number of aromatic amines is 1. The molecule has 72 valence electrons. The van der Waals surface area contributed by atoms with Gasteiger partial charge in [0.15, 0.2) is 0 Å². The van der Waals surface area contributed by atoms with Crippen LogP contribution in [0.15, 0.2) is 6.33 Å². The summed E-state index contributed by atoms with van der Waals surface area (Å²) in [5.41, 5.74) is 1.45. The second kappa shape index (κ2) is 3.12. The van der Waals surface area contributed by atoms with Crippen molar-refractivity contribution < 1.29 is 5.11 Å². The van der Waals surface area contributed by atoms with E-state index >= 15 is 0 Å². The molecule has 0 bridgehead atoms. The maximum atomic E-state index is 10.1. The summed E-state index contributed by atoms with van der Waals surface area (Å²) in [5, 5.41) is 13.2. The number of rotatable bonds is 2. The standard InChI is InChI=1S/C9H15N3O/c1-7-8(12-6-11-7)4-9(13)2-3-10-5-9/h6,10,13H,2-5H2,1H3,(H,11,12). The van der Waals surface area contributed by atoms with Crippen LogP contribution in [-0.4, -0.2) is 33.8 Å². The fourth-order valence-corrected chi connectivity index (χ4v) is 1.76. The zero-order valence-corrected chi connectivity index (χ0v) is 7.80. The fourth-order valence-electron chi connectivity index (χ4n) is 1.76. The van der Waals surface area contributed by atoms with Gasteiger partial charge in [-0.1, -0.05) is 0 Å². The van der Waals surface area contributed by atoms with Gasteiger partial charge >= 0.3 is 0 Å². The van der Waals surface area contributed by atoms with Crippen molar-refractivity contribution in [3.8, 4) is 0 Å². The van der Waals surface area contributed by atoms with E-state index in [1.807, 2.05) is 6.92 Å². The minimum atomic E-state index is -0.583. The Hall–Kier alpha value is -0.870. The number of hydrogen-bond acceptors (Lipinski definition) is 3. The van der Waals surface area contributed by atoms with Crippen LogP contribution in [0.5, 0.6) is 0 Å². The zero-order valence-electron chi connectivity index (χ0n) is 7.80. The van der Waals surface area contributed by atoms with E-state index < -0.39 is 5.60 Å². The summed E-state index contributed by atoms with van der Waals surface area (Å²) in [4.78, 5) is 7.20. The molecule has 3 N–H and O–H groups in total. The predicted molar refractivity (Wildman–Crippen MR) is 49.5 cm³/mol. The monoisotopic (exact) mass is 181 g/mol. The van der Waals surface area contributed by atoms with Gasteiger partial charge in [0.2, 0.25) is 0 Å². The highest BCUT2D eigenvalue weighted by molar-refractivity contribution is 5.13. The highest BCUT2D eigenvalue weighted by atomic mass is 16.3. The van der Waals surface area contributed by atoms with E-state index in [0.29, 0.717) is 13.0 Å². The molecular formula is C9H15N3O. The zero-order chi connectivity index (χ0) is 9.31. The van der Waals surface area contributed by atoms with Gasteiger partial charge in [-0.2, -0.15) is 0 Å². The number of hydrogen-bond donors (Lipinski definition) is 3. The maximum absolute atomic E-state index is 10.1. The highest BCUT2D eigenvalue weighted by Gasteiger charge is 2.32. The van der Waals surface area contributed by atoms with Crippen molar-refractivity contribution in [2.45, 2.75) is 25.4 Å². The first-order valence-corrected chi connectivity index (χ1v) is 4.62. The van der Waals surface area contributed by atoms with Gasteiger partial charge in [-0.05, 0) is 19.9 Å². The number of nitrogens with zero attached hydrogens (tertiary/aromatic N) is 1. The Kier molecular flexibility index (Phi) is 2.09. The van der Waals surface area contributed by atoms with Gasteiger partial charge in [0, 0.05) is 18.7 Å². The molecule has 0 amide bonds. The molecular weight excluding hydrogens is 166 g/mol. The van der Waals surface area contributed by atoms with Crippen LogP contribution in [0.4, 0.5) is 0 Å². The molecule has 1 fully saturated rings. The topological polar surface area (TPSA) is 60.9 Å². The smallest absolute Gasteiger partial charge is 0.0925 e. The Bertz CT molecular complexity index is 289. The number of imidazole rings is 1. The summed E-state index contributed by atoms with van der Waals surface area (Å²) in [6, 6.07) is 0. The fraction of sp³-hybridized carbons (Fsp3) is 0.667. The molecule has 1 saturated heterocycles. The summed E-state index contributed by atoms with van der Waals surface area (Å²) >= 11 is 0. The quantitative estimate of drug-likeness (QED) is 0.601. The van der Waals surface area contributed by atoms with Crippen molar-refractivity contribution in [2.75, 3.05) is 13.1 Å². The SMILES string of the molecule is Cc1[nH]cnc1CC1(O)CCNC1. The van der Waals surface area contributed by atoms with Crippen molar-refractivity contribution in [1.29, 1.82) is 0 Å². The van der Waals surface area contributed by atoms with Crippen molar-refractivity contribution in [1.82, 2.24) is 15.3 Å². The second-order valence-electron chi connectivity index (χ2n) is 3.80. The Morgan fingerprint density at radius 3 is 3.08 bits per heavy atom. The third kappa shape index (κ3) is 1.73. The lowest BCUT2D eigenvalue weighted by atomic mass is 9.96. The van der Waals surface area contributed by atoms with Gasteiger partial charge in [-0.3, -0.25) is 0 Å². The highest BCUT2D eigenvalue weighted by Crippen LogP contribution is 2.20. The van der Waals surface area contributed by atoms with E-state index in [1.54, 1.807) is 6.33 Å². The average molecular weight is 181 g/mol. The van der Waals surface area contributed by atoms with E-state index in [0.717, 1.165) is 24.4 Å². The van der Waals surface area contributed by atoms with Crippen molar-refractivity contribution in [3.05, 3.63) is 17.7 Å². The van der Waals surface area contributed by atoms with E-state index in [1.165, 1.54) is 0 Å². The number of aliphatic hydroxyl groups is 1. The molecule has 13 heavy (non-hydrogen) atoms. The van der Waals surface area contributed by atoms with Crippen molar-refractivity contribution in [3.63, 3.8) is 0 Å². The van der Waals surface area contributed by atoms with E-state index in [9.17, 15) is 5.11 Å². The number of aromatic nitrogens is 2. The number of aryl methyl sites for hydroxylation is 1. The summed E-state index contributed by atoms with van der Waals surface area (Å²) in [6.07, 6.45) is 3.14. The Labute approximate surface area is 77.4 Å². The lowest BCUT2D eigenvalue weighted by Crippen LogP contribution is -2.34. The molecule has 1 aromatic rings. The van der Waals surface area contributed by atoms with Crippen LogP contribution in [-0.2, 0) is 6.42 Å². The maximum Gasteiger partial charge on any atom is 0.0925 e. The van der Waals surface area contributed by atoms with Gasteiger partial charge in [0.25, 0.3) is 0 Å². The molecule has 1 atom stereocenters. The van der Waals surface area contributed by atoms with Crippen LogP contribution >= 0.6 is 0 Å². The third-order valence-electron chi connectivity index (χ3n) is 2.65. The molecule has 1 unspecified atom stereocenters. The first-order valence-electron chi connectivity index (χ1n) is 4.62. The largest absolute Gasteiger partial charge is 0.388 e. The van der Waals surface area contributed by atoms with Gasteiger partial charge < -0.3 is 15.4 Å². The molecule has 1 aliphatic heterocycles. The Balaban J connectivity index is 2.09. The molecule has 4 heteroatoms. The third-order valence-corrected chi connectivity index (χ3v) is 2.65. The molecule has 0 saturated carbocycles. The van der Waals surface area contributed by atoms with Gasteiger partial charge in [0.05, 0.1) is 17.6 Å². The molecule has 4 nitrogen and oxygen atoms in total. The van der Waals surface area contributed by atoms with Gasteiger partial charge in [-0.25, -0.2) is 4.98 Å². The van der Waals surface area contributed by atoms with Crippen LogP contribution in [0.3, 0.4) is 0 Å². The minimum Gasteiger partial charge on any atom is -0.388 e. The van der Waals surface area contributed by atoms with Crippen molar-refractivity contribution in [2.24, 2.45) is 0 Å². The molecule has 1 aromatic heterocycles. The average Bonchev–Trinajstić information content (AvgIpc) is 2.64. The summed E-state index contributed by atoms with van der Waals surface area (Å²) in [5.74, 6) is 0. The Morgan fingerprint density at radius 2 is 2.54 bits per heavy atom. The first-order chi connectivity index (χ1) is 6.20. The summed E-state index contributed by atoms with van der Waals surface area (Å²) in [7, 11) is 0. The molecule has 2 heterocycles. The lowest BCUT2D eigenvalue weighted by Gasteiger charge is -2.19. The van der Waals surface area contributed by atoms with E-state index in [4.69, 9.17) is 0 Å². The Morgan fingerprint density at radius 1 is 1.69 bits per heavy atom. The van der Waals surface area contributed by atoms with Gasteiger partial charge in [-0.15, -0.1) is 0 Å². The van der Waals surface area contributed by atoms with Crippen LogP contribution < -0.4 is 5.32 Å².